The van der Waals surface area contributed by atoms with Gasteiger partial charge in [0.25, 0.3) is 5.91 Å². The lowest BCUT2D eigenvalue weighted by Gasteiger charge is -2.55. The van der Waals surface area contributed by atoms with Gasteiger partial charge in [-0.3, -0.25) is 14.5 Å². The molecule has 2 atom stereocenters. The topological polar surface area (TPSA) is 140 Å². The number of alkyl halides is 3. The molecule has 3 N–H and O–H groups in total. The van der Waals surface area contributed by atoms with Crippen molar-refractivity contribution in [1.82, 2.24) is 34.7 Å². The second kappa shape index (κ2) is 10.0. The van der Waals surface area contributed by atoms with Gasteiger partial charge in [-0.2, -0.15) is 5.10 Å². The van der Waals surface area contributed by atoms with Crippen LogP contribution in [0.3, 0.4) is 0 Å². The van der Waals surface area contributed by atoms with Crippen molar-refractivity contribution in [3.05, 3.63) is 35.8 Å². The average Bonchev–Trinajstić information content (AvgIpc) is 3.48. The lowest BCUT2D eigenvalue weighted by molar-refractivity contribution is -0.191. The SMILES string of the molecule is COc1ncc(-c2cc(CN3CC4(COC4)C3)c3c(N)ncnn23)cc1C(=O)N[C@@H]1CN(C(=O)C2CC(F)(F)C2)C[C@@H]1F. The molecule has 4 aliphatic rings. The zero-order chi connectivity index (χ0) is 30.1. The maximum absolute atomic E-state index is 14.9. The zero-order valence-corrected chi connectivity index (χ0v) is 23.4. The Morgan fingerprint density at radius 3 is 2.63 bits per heavy atom. The second-order valence-corrected chi connectivity index (χ2v) is 12.2. The Labute approximate surface area is 244 Å². The van der Waals surface area contributed by atoms with Gasteiger partial charge >= 0.3 is 0 Å². The Balaban J connectivity index is 1.11. The van der Waals surface area contributed by atoms with Crippen molar-refractivity contribution >= 4 is 23.1 Å². The predicted molar refractivity (Wildman–Crippen MR) is 146 cm³/mol. The average molecular weight is 601 g/mol. The third-order valence-corrected chi connectivity index (χ3v) is 8.89. The molecule has 1 spiro atoms. The molecule has 1 aliphatic carbocycles. The van der Waals surface area contributed by atoms with Crippen molar-refractivity contribution in [2.75, 3.05) is 52.2 Å². The van der Waals surface area contributed by atoms with E-state index in [4.69, 9.17) is 15.2 Å². The number of likely N-dealkylation sites (tertiary alicyclic amines) is 2. The molecule has 0 unspecified atom stereocenters. The summed E-state index contributed by atoms with van der Waals surface area (Å²) in [6.07, 6.45) is 0.272. The summed E-state index contributed by atoms with van der Waals surface area (Å²) < 4.78 is 53.8. The first-order chi connectivity index (χ1) is 20.5. The van der Waals surface area contributed by atoms with Crippen LogP contribution in [0.5, 0.6) is 5.88 Å². The highest BCUT2D eigenvalue weighted by Crippen LogP contribution is 2.44. The van der Waals surface area contributed by atoms with Gasteiger partial charge in [0, 0.05) is 62.1 Å². The van der Waals surface area contributed by atoms with E-state index in [2.05, 4.69) is 25.3 Å². The molecule has 3 aromatic heterocycles. The van der Waals surface area contributed by atoms with E-state index in [9.17, 15) is 22.8 Å². The number of anilines is 1. The van der Waals surface area contributed by atoms with Crippen molar-refractivity contribution in [2.24, 2.45) is 11.3 Å². The summed E-state index contributed by atoms with van der Waals surface area (Å²) in [6, 6.07) is 2.51. The number of pyridine rings is 1. The first-order valence-electron chi connectivity index (χ1n) is 14.1. The van der Waals surface area contributed by atoms with E-state index in [-0.39, 0.29) is 29.9 Å². The third-order valence-electron chi connectivity index (χ3n) is 8.89. The molecule has 7 rings (SSSR count). The van der Waals surface area contributed by atoms with E-state index in [0.29, 0.717) is 29.1 Å². The number of amides is 2. The fourth-order valence-corrected chi connectivity index (χ4v) is 6.64. The van der Waals surface area contributed by atoms with Gasteiger partial charge in [0.2, 0.25) is 17.7 Å². The van der Waals surface area contributed by atoms with E-state index in [1.807, 2.05) is 6.07 Å². The molecular weight excluding hydrogens is 569 g/mol. The summed E-state index contributed by atoms with van der Waals surface area (Å²) in [5.41, 5.74) is 9.33. The second-order valence-electron chi connectivity index (χ2n) is 12.2. The van der Waals surface area contributed by atoms with E-state index in [0.717, 1.165) is 31.9 Å². The molecule has 4 fully saturated rings. The first kappa shape index (κ1) is 27.8. The van der Waals surface area contributed by atoms with Crippen LogP contribution in [0.2, 0.25) is 0 Å². The maximum atomic E-state index is 14.9. The molecule has 6 heterocycles. The predicted octanol–water partition coefficient (Wildman–Crippen LogP) is 1.54. The molecule has 15 heteroatoms. The molecule has 43 heavy (non-hydrogen) atoms. The number of halogens is 3. The van der Waals surface area contributed by atoms with Gasteiger partial charge in [-0.05, 0) is 17.7 Å². The summed E-state index contributed by atoms with van der Waals surface area (Å²) in [5, 5.41) is 7.05. The fourth-order valence-electron chi connectivity index (χ4n) is 6.64. The summed E-state index contributed by atoms with van der Waals surface area (Å²) in [5.74, 6) is -4.50. The highest BCUT2D eigenvalue weighted by molar-refractivity contribution is 5.98. The number of nitrogens with two attached hydrogens (primary N) is 1. The Hall–Kier alpha value is -3.98. The monoisotopic (exact) mass is 600 g/mol. The van der Waals surface area contributed by atoms with Crippen LogP contribution < -0.4 is 15.8 Å². The molecule has 12 nitrogen and oxygen atoms in total. The van der Waals surface area contributed by atoms with E-state index >= 15 is 0 Å². The molecule has 1 saturated carbocycles. The van der Waals surface area contributed by atoms with Crippen molar-refractivity contribution in [2.45, 2.75) is 37.5 Å². The van der Waals surface area contributed by atoms with Crippen LogP contribution >= 0.6 is 0 Å². The molecule has 2 amide bonds. The maximum Gasteiger partial charge on any atom is 0.257 e. The molecule has 3 aliphatic heterocycles. The van der Waals surface area contributed by atoms with Gasteiger partial charge in [-0.25, -0.2) is 27.7 Å². The molecule has 228 valence electrons. The van der Waals surface area contributed by atoms with Crippen LogP contribution in [0.15, 0.2) is 24.7 Å². The van der Waals surface area contributed by atoms with Crippen molar-refractivity contribution in [1.29, 1.82) is 0 Å². The standard InChI is InChI=1S/C28H31F3N8O4/c1-42-25-18(24(40)36-20-9-38(8-19(20)29)26(41)17-4-28(30,31)5-17)2-15(6-33-25)21-3-16(22-23(32)34-14-35-39(21)22)7-37-10-27(11-37)12-43-13-27/h2-3,6,14,17,19-20H,4-5,7-13H2,1H3,(H,36,40)(H2,32,34,35)/t19-,20+/m0/s1. The molecule has 0 radical (unpaired) electrons. The Bertz CT molecular complexity index is 1600. The smallest absolute Gasteiger partial charge is 0.257 e. The number of hydrogen-bond donors (Lipinski definition) is 2. The lowest BCUT2D eigenvalue weighted by atomic mass is 9.78. The zero-order valence-electron chi connectivity index (χ0n) is 23.4. The largest absolute Gasteiger partial charge is 0.480 e. The number of rotatable bonds is 7. The summed E-state index contributed by atoms with van der Waals surface area (Å²) in [7, 11) is 1.37. The van der Waals surface area contributed by atoms with Crippen LogP contribution in [0.25, 0.3) is 16.8 Å². The molecule has 0 bridgehead atoms. The van der Waals surface area contributed by atoms with Gasteiger partial charge in [0.1, 0.15) is 23.6 Å². The summed E-state index contributed by atoms with van der Waals surface area (Å²) in [4.78, 5) is 38.0. The van der Waals surface area contributed by atoms with Crippen LogP contribution in [0.1, 0.15) is 28.8 Å². The number of hydrogen-bond acceptors (Lipinski definition) is 9. The lowest BCUT2D eigenvalue weighted by Crippen LogP contribution is -2.65. The minimum atomic E-state index is -2.86. The van der Waals surface area contributed by atoms with Crippen molar-refractivity contribution in [3.63, 3.8) is 0 Å². The molecule has 3 aromatic rings. The number of nitrogens with one attached hydrogen (secondary N) is 1. The van der Waals surface area contributed by atoms with Crippen LogP contribution in [-0.4, -0.2) is 106 Å². The number of fused-ring (bicyclic) bond motifs is 1. The normalized spacial score (nSPS) is 24.4. The van der Waals surface area contributed by atoms with Gasteiger partial charge in [-0.1, -0.05) is 0 Å². The molecule has 0 aromatic carbocycles. The fraction of sp³-hybridized carbons (Fsp3) is 0.536. The number of carbonyl (C=O) groups excluding carboxylic acids is 2. The van der Waals surface area contributed by atoms with Crippen molar-refractivity contribution in [3.8, 4) is 17.1 Å². The highest BCUT2D eigenvalue weighted by atomic mass is 19.3. The number of ether oxygens (including phenoxy) is 2. The Morgan fingerprint density at radius 1 is 1.19 bits per heavy atom. The van der Waals surface area contributed by atoms with E-state index in [1.54, 1.807) is 16.8 Å². The molecular formula is C28H31F3N8O4. The van der Waals surface area contributed by atoms with Crippen LogP contribution in [-0.2, 0) is 16.1 Å². The Kier molecular flexibility index (Phi) is 6.50. The number of methoxy groups -OCH3 is 1. The number of aromatic nitrogens is 4. The number of nitrogen functional groups attached to an aromatic ring is 1. The van der Waals surface area contributed by atoms with E-state index < -0.39 is 48.7 Å². The van der Waals surface area contributed by atoms with E-state index in [1.165, 1.54) is 18.3 Å². The summed E-state index contributed by atoms with van der Waals surface area (Å²) >= 11 is 0. The first-order valence-corrected chi connectivity index (χ1v) is 14.1. The van der Waals surface area contributed by atoms with Crippen molar-refractivity contribution < 1.29 is 32.2 Å². The number of nitrogens with zero attached hydrogens (tertiary/aromatic N) is 6. The number of carbonyl (C=O) groups is 2. The van der Waals surface area contributed by atoms with Gasteiger partial charge in [0.15, 0.2) is 5.82 Å². The van der Waals surface area contributed by atoms with Gasteiger partial charge in [-0.15, -0.1) is 0 Å². The summed E-state index contributed by atoms with van der Waals surface area (Å²) in [6.45, 7) is 3.64. The minimum absolute atomic E-state index is 0.0307. The van der Waals surface area contributed by atoms with Gasteiger partial charge in [0.05, 0.1) is 38.6 Å². The van der Waals surface area contributed by atoms with Crippen LogP contribution in [0, 0.1) is 11.3 Å². The highest BCUT2D eigenvalue weighted by Gasteiger charge is 2.51. The quantitative estimate of drug-likeness (QED) is 0.413. The molecule has 3 saturated heterocycles. The minimum Gasteiger partial charge on any atom is -0.480 e. The van der Waals surface area contributed by atoms with Crippen LogP contribution in [0.4, 0.5) is 19.0 Å². The third kappa shape index (κ3) is 4.83. The Morgan fingerprint density at radius 2 is 1.95 bits per heavy atom. The van der Waals surface area contributed by atoms with Gasteiger partial charge < -0.3 is 25.4 Å².